The standard InChI is InChI=1S/C17H28N2O/c1-5-12-7-8-13(6-2)14(9-12)15(18)10-17(3,4)11-16(19)20/h7-9,15H,5-6,10-11,18H2,1-4H3,(H2,19,20). The highest BCUT2D eigenvalue weighted by Crippen LogP contribution is 2.33. The van der Waals surface area contributed by atoms with Crippen LogP contribution in [0.4, 0.5) is 0 Å². The summed E-state index contributed by atoms with van der Waals surface area (Å²) >= 11 is 0. The molecule has 0 aliphatic rings. The van der Waals surface area contributed by atoms with E-state index in [1.807, 2.05) is 13.8 Å². The summed E-state index contributed by atoms with van der Waals surface area (Å²) in [6, 6.07) is 6.51. The third-order valence-corrected chi connectivity index (χ3v) is 3.82. The van der Waals surface area contributed by atoms with E-state index in [1.54, 1.807) is 0 Å². The Kier molecular flexibility index (Phi) is 5.75. The molecular weight excluding hydrogens is 248 g/mol. The molecule has 1 aromatic carbocycles. The molecule has 1 unspecified atom stereocenters. The van der Waals surface area contributed by atoms with Crippen molar-refractivity contribution in [2.75, 3.05) is 0 Å². The normalized spacial score (nSPS) is 13.2. The van der Waals surface area contributed by atoms with Crippen molar-refractivity contribution in [3.63, 3.8) is 0 Å². The van der Waals surface area contributed by atoms with Crippen molar-refractivity contribution in [1.29, 1.82) is 0 Å². The fourth-order valence-corrected chi connectivity index (χ4v) is 2.78. The van der Waals surface area contributed by atoms with E-state index >= 15 is 0 Å². The van der Waals surface area contributed by atoms with Gasteiger partial charge >= 0.3 is 0 Å². The summed E-state index contributed by atoms with van der Waals surface area (Å²) < 4.78 is 0. The molecule has 112 valence electrons. The molecule has 0 aliphatic carbocycles. The number of carbonyl (C=O) groups excluding carboxylic acids is 1. The SMILES string of the molecule is CCc1ccc(CC)c(C(N)CC(C)(C)CC(N)=O)c1. The predicted octanol–water partition coefficient (Wildman–Crippen LogP) is 3.10. The Labute approximate surface area is 122 Å². The molecule has 1 amide bonds. The zero-order valence-corrected chi connectivity index (χ0v) is 13.2. The van der Waals surface area contributed by atoms with E-state index in [0.717, 1.165) is 19.3 Å². The molecule has 20 heavy (non-hydrogen) atoms. The van der Waals surface area contributed by atoms with Crippen LogP contribution < -0.4 is 11.5 Å². The van der Waals surface area contributed by atoms with E-state index < -0.39 is 0 Å². The van der Waals surface area contributed by atoms with Crippen molar-refractivity contribution in [1.82, 2.24) is 0 Å². The van der Waals surface area contributed by atoms with Crippen LogP contribution in [0.25, 0.3) is 0 Å². The van der Waals surface area contributed by atoms with Crippen molar-refractivity contribution in [3.8, 4) is 0 Å². The molecule has 0 aromatic heterocycles. The molecule has 1 rings (SSSR count). The van der Waals surface area contributed by atoms with Crippen molar-refractivity contribution >= 4 is 5.91 Å². The molecule has 0 fully saturated rings. The zero-order valence-electron chi connectivity index (χ0n) is 13.2. The van der Waals surface area contributed by atoms with Crippen LogP contribution in [-0.4, -0.2) is 5.91 Å². The van der Waals surface area contributed by atoms with Gasteiger partial charge in [0, 0.05) is 12.5 Å². The third-order valence-electron chi connectivity index (χ3n) is 3.82. The van der Waals surface area contributed by atoms with Crippen LogP contribution in [0.15, 0.2) is 18.2 Å². The first kappa shape index (κ1) is 16.7. The number of aryl methyl sites for hydroxylation is 2. The van der Waals surface area contributed by atoms with Gasteiger partial charge in [0.15, 0.2) is 0 Å². The van der Waals surface area contributed by atoms with Crippen LogP contribution in [-0.2, 0) is 17.6 Å². The van der Waals surface area contributed by atoms with Gasteiger partial charge in [0.05, 0.1) is 0 Å². The van der Waals surface area contributed by atoms with Crippen molar-refractivity contribution in [2.24, 2.45) is 16.9 Å². The number of benzene rings is 1. The summed E-state index contributed by atoms with van der Waals surface area (Å²) in [6.07, 6.45) is 3.11. The van der Waals surface area contributed by atoms with Gasteiger partial charge in [0.1, 0.15) is 0 Å². The quantitative estimate of drug-likeness (QED) is 0.803. The number of hydrogen-bond acceptors (Lipinski definition) is 2. The van der Waals surface area contributed by atoms with E-state index in [-0.39, 0.29) is 17.4 Å². The number of nitrogens with two attached hydrogens (primary N) is 2. The van der Waals surface area contributed by atoms with Gasteiger partial charge in [0.2, 0.25) is 5.91 Å². The van der Waals surface area contributed by atoms with Gasteiger partial charge in [-0.3, -0.25) is 4.79 Å². The second-order valence-electron chi connectivity index (χ2n) is 6.36. The highest BCUT2D eigenvalue weighted by Gasteiger charge is 2.25. The van der Waals surface area contributed by atoms with Gasteiger partial charge in [0.25, 0.3) is 0 Å². The van der Waals surface area contributed by atoms with Crippen LogP contribution in [0, 0.1) is 5.41 Å². The molecule has 0 radical (unpaired) electrons. The van der Waals surface area contributed by atoms with E-state index in [2.05, 4.69) is 32.0 Å². The molecule has 0 spiro atoms. The molecule has 1 atom stereocenters. The van der Waals surface area contributed by atoms with Gasteiger partial charge in [-0.25, -0.2) is 0 Å². The van der Waals surface area contributed by atoms with Crippen molar-refractivity contribution in [2.45, 2.75) is 59.4 Å². The molecule has 3 heteroatoms. The molecule has 3 nitrogen and oxygen atoms in total. The minimum absolute atomic E-state index is 0.0502. The maximum Gasteiger partial charge on any atom is 0.217 e. The number of hydrogen-bond donors (Lipinski definition) is 2. The lowest BCUT2D eigenvalue weighted by molar-refractivity contribution is -0.120. The first-order chi connectivity index (χ1) is 9.29. The lowest BCUT2D eigenvalue weighted by Gasteiger charge is -2.28. The third kappa shape index (κ3) is 4.64. The monoisotopic (exact) mass is 276 g/mol. The van der Waals surface area contributed by atoms with Gasteiger partial charge in [-0.05, 0) is 41.4 Å². The second kappa shape index (κ2) is 6.89. The van der Waals surface area contributed by atoms with Crippen LogP contribution in [0.1, 0.15) is 63.3 Å². The Bertz CT molecular complexity index is 466. The van der Waals surface area contributed by atoms with Crippen LogP contribution in [0.2, 0.25) is 0 Å². The number of rotatable bonds is 7. The molecule has 0 aliphatic heterocycles. The van der Waals surface area contributed by atoms with Gasteiger partial charge in [-0.15, -0.1) is 0 Å². The Morgan fingerprint density at radius 2 is 1.90 bits per heavy atom. The second-order valence-corrected chi connectivity index (χ2v) is 6.36. The van der Waals surface area contributed by atoms with Crippen LogP contribution >= 0.6 is 0 Å². The van der Waals surface area contributed by atoms with Gasteiger partial charge in [-0.1, -0.05) is 45.9 Å². The van der Waals surface area contributed by atoms with Crippen LogP contribution in [0.5, 0.6) is 0 Å². The molecule has 0 saturated carbocycles. The first-order valence-corrected chi connectivity index (χ1v) is 7.44. The number of carbonyl (C=O) groups is 1. The highest BCUT2D eigenvalue weighted by atomic mass is 16.1. The summed E-state index contributed by atoms with van der Waals surface area (Å²) in [7, 11) is 0. The Morgan fingerprint density at radius 1 is 1.25 bits per heavy atom. The minimum Gasteiger partial charge on any atom is -0.370 e. The lowest BCUT2D eigenvalue weighted by Crippen LogP contribution is -2.27. The maximum atomic E-state index is 11.1. The van der Waals surface area contributed by atoms with Crippen molar-refractivity contribution < 1.29 is 4.79 Å². The van der Waals surface area contributed by atoms with E-state index in [0.29, 0.717) is 6.42 Å². The summed E-state index contributed by atoms with van der Waals surface area (Å²) in [6.45, 7) is 8.39. The maximum absolute atomic E-state index is 11.1. The minimum atomic E-state index is -0.264. The molecule has 0 heterocycles. The van der Waals surface area contributed by atoms with Gasteiger partial charge < -0.3 is 11.5 Å². The van der Waals surface area contributed by atoms with E-state index in [4.69, 9.17) is 11.5 Å². The lowest BCUT2D eigenvalue weighted by atomic mass is 9.79. The fraction of sp³-hybridized carbons (Fsp3) is 0.588. The molecule has 0 bridgehead atoms. The number of primary amides is 1. The number of amides is 1. The Hall–Kier alpha value is -1.35. The largest absolute Gasteiger partial charge is 0.370 e. The fourth-order valence-electron chi connectivity index (χ4n) is 2.78. The topological polar surface area (TPSA) is 69.1 Å². The average molecular weight is 276 g/mol. The summed E-state index contributed by atoms with van der Waals surface area (Å²) in [5.74, 6) is -0.264. The zero-order chi connectivity index (χ0) is 15.3. The first-order valence-electron chi connectivity index (χ1n) is 7.44. The predicted molar refractivity (Wildman–Crippen MR) is 84.3 cm³/mol. The molecular formula is C17H28N2O. The molecule has 1 aromatic rings. The van der Waals surface area contributed by atoms with E-state index in [1.165, 1.54) is 16.7 Å². The highest BCUT2D eigenvalue weighted by molar-refractivity contribution is 5.74. The smallest absolute Gasteiger partial charge is 0.217 e. The summed E-state index contributed by atoms with van der Waals surface area (Å²) in [5.41, 5.74) is 15.4. The van der Waals surface area contributed by atoms with Gasteiger partial charge in [-0.2, -0.15) is 0 Å². The average Bonchev–Trinajstić information content (AvgIpc) is 2.35. The Balaban J connectivity index is 2.95. The van der Waals surface area contributed by atoms with Crippen LogP contribution in [0.3, 0.4) is 0 Å². The summed E-state index contributed by atoms with van der Waals surface area (Å²) in [5, 5.41) is 0. The molecule has 4 N–H and O–H groups in total. The van der Waals surface area contributed by atoms with E-state index in [9.17, 15) is 4.79 Å². The summed E-state index contributed by atoms with van der Waals surface area (Å²) in [4.78, 5) is 11.1. The molecule has 0 saturated heterocycles. The Morgan fingerprint density at radius 3 is 2.40 bits per heavy atom. The van der Waals surface area contributed by atoms with Crippen molar-refractivity contribution in [3.05, 3.63) is 34.9 Å².